The molecule has 264 valence electrons. The molecule has 11 heteroatoms. The molecule has 3 amide bonds. The smallest absolute Gasteiger partial charge is 0.390 e. The highest BCUT2D eigenvalue weighted by atomic mass is 19.4. The van der Waals surface area contributed by atoms with Gasteiger partial charge in [0.2, 0.25) is 17.7 Å². The number of alkyl halides is 3. The van der Waals surface area contributed by atoms with Gasteiger partial charge >= 0.3 is 6.18 Å². The number of nitrogens with zero attached hydrogens (tertiary/aromatic N) is 1. The zero-order valence-electron chi connectivity index (χ0n) is 28.3. The Bertz CT molecular complexity index is 1540. The summed E-state index contributed by atoms with van der Waals surface area (Å²) in [6.07, 6.45) is -3.45. The van der Waals surface area contributed by atoms with Crippen LogP contribution in [0, 0.1) is 5.92 Å². The summed E-state index contributed by atoms with van der Waals surface area (Å²) in [4.78, 5) is 42.3. The number of aryl methyl sites for hydroxylation is 1. The van der Waals surface area contributed by atoms with Gasteiger partial charge in [0, 0.05) is 26.6 Å². The van der Waals surface area contributed by atoms with Crippen LogP contribution >= 0.6 is 0 Å². The average molecular weight is 681 g/mol. The summed E-state index contributed by atoms with van der Waals surface area (Å²) in [6.45, 7) is 5.62. The second-order valence-electron chi connectivity index (χ2n) is 13.0. The Balaban J connectivity index is 1.56. The molecule has 1 saturated heterocycles. The molecular formula is C38H47F3N4O4. The molecule has 5 atom stereocenters. The Morgan fingerprint density at radius 1 is 0.959 bits per heavy atom. The van der Waals surface area contributed by atoms with E-state index in [1.165, 1.54) is 13.0 Å². The molecule has 0 bridgehead atoms. The maximum absolute atomic E-state index is 14.3. The van der Waals surface area contributed by atoms with Crippen molar-refractivity contribution in [2.24, 2.45) is 5.92 Å². The summed E-state index contributed by atoms with van der Waals surface area (Å²) in [7, 11) is 0. The predicted octanol–water partition coefficient (Wildman–Crippen LogP) is 5.04. The molecule has 1 heterocycles. The molecule has 0 spiro atoms. The number of carbonyl (C=O) groups is 3. The van der Waals surface area contributed by atoms with Gasteiger partial charge in [0.25, 0.3) is 0 Å². The minimum absolute atomic E-state index is 0.00892. The summed E-state index contributed by atoms with van der Waals surface area (Å²) < 4.78 is 39.7. The van der Waals surface area contributed by atoms with Crippen LogP contribution in [0.5, 0.6) is 0 Å². The molecule has 1 fully saturated rings. The number of benzene rings is 3. The molecule has 0 aromatic heterocycles. The Kier molecular flexibility index (Phi) is 13.0. The molecule has 4 rings (SSSR count). The topological polar surface area (TPSA) is 111 Å². The SMILES string of the molecule is CC[C@H](C)[C@@]1(NC(C)=O)CCN([C@H](CCc2ccccc2)C(=O)N[C@@H](Cc2ccccc2)C(O)CNCc2cccc(C(F)(F)F)c2)C1=O. The van der Waals surface area contributed by atoms with Crippen molar-refractivity contribution in [3.63, 3.8) is 0 Å². The molecule has 1 unspecified atom stereocenters. The van der Waals surface area contributed by atoms with Crippen molar-refractivity contribution in [2.75, 3.05) is 13.1 Å². The van der Waals surface area contributed by atoms with E-state index < -0.39 is 41.4 Å². The molecule has 4 N–H and O–H groups in total. The van der Waals surface area contributed by atoms with Gasteiger partial charge in [0.05, 0.1) is 17.7 Å². The molecule has 0 radical (unpaired) electrons. The van der Waals surface area contributed by atoms with E-state index in [1.807, 2.05) is 74.5 Å². The van der Waals surface area contributed by atoms with E-state index in [0.29, 0.717) is 31.2 Å². The zero-order chi connectivity index (χ0) is 35.6. The van der Waals surface area contributed by atoms with Gasteiger partial charge in [-0.25, -0.2) is 0 Å². The minimum Gasteiger partial charge on any atom is -0.390 e. The third-order valence-electron chi connectivity index (χ3n) is 9.50. The molecule has 49 heavy (non-hydrogen) atoms. The van der Waals surface area contributed by atoms with Crippen LogP contribution in [0.3, 0.4) is 0 Å². The van der Waals surface area contributed by atoms with Crippen LogP contribution in [-0.2, 0) is 39.9 Å². The van der Waals surface area contributed by atoms with Crippen LogP contribution in [0.25, 0.3) is 0 Å². The summed E-state index contributed by atoms with van der Waals surface area (Å²) in [5, 5.41) is 20.4. The van der Waals surface area contributed by atoms with Crippen LogP contribution in [0.4, 0.5) is 13.2 Å². The van der Waals surface area contributed by atoms with Gasteiger partial charge in [-0.3, -0.25) is 14.4 Å². The summed E-state index contributed by atoms with van der Waals surface area (Å²) in [6, 6.07) is 22.3. The lowest BCUT2D eigenvalue weighted by Crippen LogP contribution is -2.60. The zero-order valence-corrected chi connectivity index (χ0v) is 28.3. The largest absolute Gasteiger partial charge is 0.416 e. The van der Waals surface area contributed by atoms with Gasteiger partial charge in [-0.05, 0) is 54.4 Å². The molecule has 3 aromatic rings. The standard InChI is InChI=1S/C38H47F3N4O4/c1-4-26(2)37(44-27(3)46)20-21-45(36(37)49)33(19-18-28-12-7-5-8-13-28)35(48)43-32(23-29-14-9-6-10-15-29)34(47)25-42-24-30-16-11-17-31(22-30)38(39,40)41/h5-17,22,26,32-34,42,47H,4,18-21,23-25H2,1-3H3,(H,43,48)(H,44,46)/t26-,32-,33+,34?,37-/m0/s1. The second-order valence-corrected chi connectivity index (χ2v) is 13.0. The van der Waals surface area contributed by atoms with Crippen molar-refractivity contribution >= 4 is 17.7 Å². The maximum atomic E-state index is 14.3. The van der Waals surface area contributed by atoms with E-state index in [1.54, 1.807) is 11.0 Å². The van der Waals surface area contributed by atoms with Crippen molar-refractivity contribution in [2.45, 2.75) is 89.3 Å². The van der Waals surface area contributed by atoms with Crippen LogP contribution < -0.4 is 16.0 Å². The monoisotopic (exact) mass is 680 g/mol. The van der Waals surface area contributed by atoms with Crippen molar-refractivity contribution in [1.82, 2.24) is 20.9 Å². The quantitative estimate of drug-likeness (QED) is 0.170. The highest BCUT2D eigenvalue weighted by Gasteiger charge is 2.53. The van der Waals surface area contributed by atoms with E-state index in [4.69, 9.17) is 0 Å². The Morgan fingerprint density at radius 2 is 1.59 bits per heavy atom. The molecule has 0 saturated carbocycles. The lowest BCUT2D eigenvalue weighted by Gasteiger charge is -2.36. The second kappa shape index (κ2) is 16.9. The van der Waals surface area contributed by atoms with Gasteiger partial charge < -0.3 is 26.0 Å². The molecular weight excluding hydrogens is 633 g/mol. The van der Waals surface area contributed by atoms with E-state index in [0.717, 1.165) is 23.3 Å². The molecule has 1 aliphatic rings. The van der Waals surface area contributed by atoms with Gasteiger partial charge in [0.1, 0.15) is 11.6 Å². The van der Waals surface area contributed by atoms with Crippen molar-refractivity contribution < 1.29 is 32.7 Å². The maximum Gasteiger partial charge on any atom is 0.416 e. The molecule has 0 aliphatic carbocycles. The molecule has 1 aliphatic heterocycles. The fourth-order valence-corrected chi connectivity index (χ4v) is 6.59. The Hall–Kier alpha value is -4.22. The third kappa shape index (κ3) is 9.92. The van der Waals surface area contributed by atoms with Gasteiger partial charge in [-0.15, -0.1) is 0 Å². The number of aliphatic hydroxyl groups excluding tert-OH is 1. The van der Waals surface area contributed by atoms with E-state index in [9.17, 15) is 32.7 Å². The number of carbonyl (C=O) groups excluding carboxylic acids is 3. The minimum atomic E-state index is -4.47. The van der Waals surface area contributed by atoms with Crippen LogP contribution in [0.2, 0.25) is 0 Å². The first-order chi connectivity index (χ1) is 23.3. The number of amides is 3. The normalized spacial score (nSPS) is 18.8. The highest BCUT2D eigenvalue weighted by Crippen LogP contribution is 2.35. The lowest BCUT2D eigenvalue weighted by atomic mass is 9.81. The lowest BCUT2D eigenvalue weighted by molar-refractivity contribution is -0.144. The van der Waals surface area contributed by atoms with E-state index in [2.05, 4.69) is 16.0 Å². The first-order valence-corrected chi connectivity index (χ1v) is 16.9. The van der Waals surface area contributed by atoms with Crippen LogP contribution in [-0.4, -0.2) is 64.5 Å². The summed E-state index contributed by atoms with van der Waals surface area (Å²) in [5.41, 5.74) is 0.395. The number of halogens is 3. The highest BCUT2D eigenvalue weighted by molar-refractivity contribution is 5.96. The summed E-state index contributed by atoms with van der Waals surface area (Å²) in [5.74, 6) is -1.20. The Labute approximate surface area is 286 Å². The van der Waals surface area contributed by atoms with Crippen LogP contribution in [0.15, 0.2) is 84.9 Å². The Morgan fingerprint density at radius 3 is 2.20 bits per heavy atom. The van der Waals surface area contributed by atoms with Crippen LogP contribution in [0.1, 0.15) is 62.3 Å². The van der Waals surface area contributed by atoms with E-state index >= 15 is 0 Å². The number of nitrogens with one attached hydrogen (secondary N) is 3. The van der Waals surface area contributed by atoms with Gasteiger partial charge in [-0.1, -0.05) is 99.1 Å². The first-order valence-electron chi connectivity index (χ1n) is 16.9. The fourth-order valence-electron chi connectivity index (χ4n) is 6.59. The molecule has 3 aromatic carbocycles. The number of hydrogen-bond donors (Lipinski definition) is 4. The number of aliphatic hydroxyl groups is 1. The number of hydrogen-bond acceptors (Lipinski definition) is 5. The average Bonchev–Trinajstić information content (AvgIpc) is 3.40. The number of rotatable bonds is 16. The fraction of sp³-hybridized carbons (Fsp3) is 0.447. The molecule has 8 nitrogen and oxygen atoms in total. The van der Waals surface area contributed by atoms with Gasteiger partial charge in [0.15, 0.2) is 0 Å². The van der Waals surface area contributed by atoms with E-state index in [-0.39, 0.29) is 43.8 Å². The van der Waals surface area contributed by atoms with Gasteiger partial charge in [-0.2, -0.15) is 13.2 Å². The summed E-state index contributed by atoms with van der Waals surface area (Å²) >= 11 is 0. The predicted molar refractivity (Wildman–Crippen MR) is 182 cm³/mol. The van der Waals surface area contributed by atoms with Crippen molar-refractivity contribution in [3.05, 3.63) is 107 Å². The van der Waals surface area contributed by atoms with Crippen molar-refractivity contribution in [1.29, 1.82) is 0 Å². The number of likely N-dealkylation sites (tertiary alicyclic amines) is 1. The van der Waals surface area contributed by atoms with Crippen molar-refractivity contribution in [3.8, 4) is 0 Å². The third-order valence-corrected chi connectivity index (χ3v) is 9.50. The first kappa shape index (κ1) is 37.6.